The molecule has 0 aliphatic carbocycles. The molecule has 0 fully saturated rings. The van der Waals surface area contributed by atoms with Crippen LogP contribution in [0.1, 0.15) is 6.92 Å². The van der Waals surface area contributed by atoms with Gasteiger partial charge in [-0.15, -0.1) is 12.4 Å². The van der Waals surface area contributed by atoms with E-state index in [0.29, 0.717) is 10.6 Å². The summed E-state index contributed by atoms with van der Waals surface area (Å²) in [6.07, 6.45) is 0. The highest BCUT2D eigenvalue weighted by molar-refractivity contribution is 7.91. The number of para-hydroxylation sites is 1. The second-order valence-electron chi connectivity index (χ2n) is 2.65. The Kier molecular flexibility index (Phi) is 4.94. The Bertz CT molecular complexity index is 390. The number of anilines is 1. The topological polar surface area (TPSA) is 46.2 Å². The van der Waals surface area contributed by atoms with Gasteiger partial charge < -0.3 is 5.32 Å². The van der Waals surface area contributed by atoms with Crippen molar-refractivity contribution in [2.24, 2.45) is 0 Å². The quantitative estimate of drug-likeness (QED) is 0.871. The molecule has 0 saturated carbocycles. The lowest BCUT2D eigenvalue weighted by atomic mass is 10.3. The van der Waals surface area contributed by atoms with Gasteiger partial charge in [0, 0.05) is 7.05 Å². The van der Waals surface area contributed by atoms with Gasteiger partial charge in [-0.05, 0) is 12.1 Å². The lowest BCUT2D eigenvalue weighted by Gasteiger charge is -2.07. The molecular formula is C9H14ClNO2S. The van der Waals surface area contributed by atoms with Crippen LogP contribution in [0.25, 0.3) is 0 Å². The monoisotopic (exact) mass is 235 g/mol. The smallest absolute Gasteiger partial charge is 0.180 e. The van der Waals surface area contributed by atoms with Gasteiger partial charge in [0.2, 0.25) is 0 Å². The summed E-state index contributed by atoms with van der Waals surface area (Å²) in [5.74, 6) is 0.131. The van der Waals surface area contributed by atoms with E-state index < -0.39 is 9.84 Å². The molecule has 80 valence electrons. The molecule has 1 N–H and O–H groups in total. The molecule has 1 aromatic rings. The minimum Gasteiger partial charge on any atom is -0.387 e. The molecule has 1 aromatic carbocycles. The summed E-state index contributed by atoms with van der Waals surface area (Å²) in [7, 11) is -1.39. The first-order valence-corrected chi connectivity index (χ1v) is 5.76. The second-order valence-corrected chi connectivity index (χ2v) is 4.90. The van der Waals surface area contributed by atoms with Gasteiger partial charge >= 0.3 is 0 Å². The molecule has 0 saturated heterocycles. The first-order valence-electron chi connectivity index (χ1n) is 4.11. The van der Waals surface area contributed by atoms with E-state index in [9.17, 15) is 8.42 Å². The summed E-state index contributed by atoms with van der Waals surface area (Å²) in [6, 6.07) is 6.90. The zero-order chi connectivity index (χ0) is 9.90. The van der Waals surface area contributed by atoms with Crippen LogP contribution in [0.5, 0.6) is 0 Å². The van der Waals surface area contributed by atoms with Gasteiger partial charge in [-0.3, -0.25) is 0 Å². The first kappa shape index (κ1) is 13.3. The zero-order valence-corrected chi connectivity index (χ0v) is 9.78. The summed E-state index contributed by atoms with van der Waals surface area (Å²) < 4.78 is 23.1. The largest absolute Gasteiger partial charge is 0.387 e. The van der Waals surface area contributed by atoms with Crippen molar-refractivity contribution in [1.82, 2.24) is 0 Å². The fraction of sp³-hybridized carbons (Fsp3) is 0.333. The van der Waals surface area contributed by atoms with Gasteiger partial charge in [0.05, 0.1) is 16.3 Å². The molecule has 0 heterocycles. The van der Waals surface area contributed by atoms with Crippen LogP contribution in [0, 0.1) is 0 Å². The van der Waals surface area contributed by atoms with Crippen molar-refractivity contribution < 1.29 is 8.42 Å². The molecule has 0 spiro atoms. The number of hydrogen-bond acceptors (Lipinski definition) is 3. The van der Waals surface area contributed by atoms with Gasteiger partial charge in [-0.1, -0.05) is 19.1 Å². The Hall–Kier alpha value is -0.740. The average Bonchev–Trinajstić information content (AvgIpc) is 2.18. The van der Waals surface area contributed by atoms with Crippen LogP contribution in [0.3, 0.4) is 0 Å². The van der Waals surface area contributed by atoms with E-state index in [1.807, 2.05) is 0 Å². The Morgan fingerprint density at radius 1 is 1.29 bits per heavy atom. The maximum atomic E-state index is 11.5. The molecule has 0 radical (unpaired) electrons. The van der Waals surface area contributed by atoms with E-state index in [1.54, 1.807) is 38.2 Å². The van der Waals surface area contributed by atoms with Crippen LogP contribution < -0.4 is 5.32 Å². The summed E-state index contributed by atoms with van der Waals surface area (Å²) in [5, 5.41) is 2.86. The molecule has 0 aliphatic heterocycles. The molecule has 0 aromatic heterocycles. The molecule has 5 heteroatoms. The first-order chi connectivity index (χ1) is 6.11. The maximum absolute atomic E-state index is 11.5. The number of nitrogens with one attached hydrogen (secondary N) is 1. The normalized spacial score (nSPS) is 10.4. The standard InChI is InChI=1S/C9H13NO2S.ClH/c1-3-13(11,12)9-7-5-4-6-8(9)10-2;/h4-7,10H,3H2,1-2H3;1H. The van der Waals surface area contributed by atoms with E-state index in [2.05, 4.69) is 5.32 Å². The average molecular weight is 236 g/mol. The molecule has 14 heavy (non-hydrogen) atoms. The predicted octanol–water partition coefficient (Wildman–Crippen LogP) is 1.94. The van der Waals surface area contributed by atoms with Crippen molar-refractivity contribution in [2.75, 3.05) is 18.1 Å². The van der Waals surface area contributed by atoms with Crippen LogP contribution in [0.2, 0.25) is 0 Å². The van der Waals surface area contributed by atoms with Gasteiger partial charge in [0.15, 0.2) is 9.84 Å². The zero-order valence-electron chi connectivity index (χ0n) is 8.15. The molecule has 0 atom stereocenters. The van der Waals surface area contributed by atoms with Crippen molar-refractivity contribution in [3.05, 3.63) is 24.3 Å². The van der Waals surface area contributed by atoms with Crippen LogP contribution in [-0.2, 0) is 9.84 Å². The van der Waals surface area contributed by atoms with Crippen molar-refractivity contribution in [2.45, 2.75) is 11.8 Å². The summed E-state index contributed by atoms with van der Waals surface area (Å²) in [5.41, 5.74) is 0.657. The fourth-order valence-corrected chi connectivity index (χ4v) is 2.20. The van der Waals surface area contributed by atoms with Crippen molar-refractivity contribution in [3.63, 3.8) is 0 Å². The second kappa shape index (κ2) is 5.22. The minimum absolute atomic E-state index is 0. The number of sulfone groups is 1. The Morgan fingerprint density at radius 3 is 2.36 bits per heavy atom. The van der Waals surface area contributed by atoms with Crippen molar-refractivity contribution in [3.8, 4) is 0 Å². The molecular weight excluding hydrogens is 222 g/mol. The minimum atomic E-state index is -3.10. The summed E-state index contributed by atoms with van der Waals surface area (Å²) in [4.78, 5) is 0.375. The van der Waals surface area contributed by atoms with Crippen molar-refractivity contribution in [1.29, 1.82) is 0 Å². The van der Waals surface area contributed by atoms with E-state index in [1.165, 1.54) is 0 Å². The van der Waals surface area contributed by atoms with Gasteiger partial charge in [0.25, 0.3) is 0 Å². The Labute approximate surface area is 90.9 Å². The Morgan fingerprint density at radius 2 is 1.86 bits per heavy atom. The van der Waals surface area contributed by atoms with Crippen LogP contribution >= 0.6 is 12.4 Å². The fourth-order valence-electron chi connectivity index (χ4n) is 1.10. The number of hydrogen-bond donors (Lipinski definition) is 1. The van der Waals surface area contributed by atoms with E-state index in [4.69, 9.17) is 0 Å². The number of benzene rings is 1. The number of rotatable bonds is 3. The SMILES string of the molecule is CCS(=O)(=O)c1ccccc1NC.Cl. The van der Waals surface area contributed by atoms with Gasteiger partial charge in [-0.25, -0.2) is 8.42 Å². The lowest BCUT2D eigenvalue weighted by Crippen LogP contribution is -2.06. The van der Waals surface area contributed by atoms with Crippen LogP contribution in [-0.4, -0.2) is 21.2 Å². The highest BCUT2D eigenvalue weighted by atomic mass is 35.5. The maximum Gasteiger partial charge on any atom is 0.180 e. The molecule has 0 unspecified atom stereocenters. The molecule has 3 nitrogen and oxygen atoms in total. The van der Waals surface area contributed by atoms with Crippen LogP contribution in [0.15, 0.2) is 29.2 Å². The van der Waals surface area contributed by atoms with Crippen molar-refractivity contribution >= 4 is 27.9 Å². The summed E-state index contributed by atoms with van der Waals surface area (Å²) >= 11 is 0. The lowest BCUT2D eigenvalue weighted by molar-refractivity contribution is 0.597. The third kappa shape index (κ3) is 2.62. The van der Waals surface area contributed by atoms with Gasteiger partial charge in [-0.2, -0.15) is 0 Å². The Balaban J connectivity index is 0.00000169. The number of halogens is 1. The molecule has 0 bridgehead atoms. The van der Waals surface area contributed by atoms with E-state index in [0.717, 1.165) is 0 Å². The van der Waals surface area contributed by atoms with E-state index in [-0.39, 0.29) is 18.2 Å². The highest BCUT2D eigenvalue weighted by Gasteiger charge is 2.14. The molecule has 0 aliphatic rings. The predicted molar refractivity (Wildman–Crippen MR) is 61.0 cm³/mol. The molecule has 0 amide bonds. The summed E-state index contributed by atoms with van der Waals surface area (Å²) in [6.45, 7) is 1.64. The van der Waals surface area contributed by atoms with E-state index >= 15 is 0 Å². The third-order valence-electron chi connectivity index (χ3n) is 1.87. The van der Waals surface area contributed by atoms with Crippen LogP contribution in [0.4, 0.5) is 5.69 Å². The highest BCUT2D eigenvalue weighted by Crippen LogP contribution is 2.20. The third-order valence-corrected chi connectivity index (χ3v) is 3.66. The molecule has 1 rings (SSSR count). The van der Waals surface area contributed by atoms with Gasteiger partial charge in [0.1, 0.15) is 0 Å².